The lowest BCUT2D eigenvalue weighted by molar-refractivity contribution is -0.129. The summed E-state index contributed by atoms with van der Waals surface area (Å²) >= 11 is 0. The third kappa shape index (κ3) is 2.45. The Kier molecular flexibility index (Phi) is 3.29. The molecule has 16 heavy (non-hydrogen) atoms. The Balaban J connectivity index is 1.94. The van der Waals surface area contributed by atoms with E-state index in [1.165, 1.54) is 6.20 Å². The van der Waals surface area contributed by atoms with Crippen LogP contribution in [0.3, 0.4) is 0 Å². The van der Waals surface area contributed by atoms with Gasteiger partial charge < -0.3 is 4.90 Å². The molecule has 0 aromatic carbocycles. The average molecular weight is 218 g/mol. The zero-order valence-corrected chi connectivity index (χ0v) is 9.06. The van der Waals surface area contributed by atoms with Crippen LogP contribution in [0, 0.1) is 0 Å². The maximum atomic E-state index is 11.7. The molecule has 1 aromatic heterocycles. The van der Waals surface area contributed by atoms with Crippen molar-refractivity contribution in [3.8, 4) is 0 Å². The van der Waals surface area contributed by atoms with Crippen LogP contribution < -0.4 is 0 Å². The van der Waals surface area contributed by atoms with E-state index in [2.05, 4.69) is 4.98 Å². The van der Waals surface area contributed by atoms with E-state index < -0.39 is 0 Å². The van der Waals surface area contributed by atoms with Crippen LogP contribution in [0.5, 0.6) is 0 Å². The maximum Gasteiger partial charge on any atom is 0.230 e. The molecule has 1 aliphatic heterocycles. The minimum absolute atomic E-state index is 0.0360. The second kappa shape index (κ2) is 4.88. The first-order chi connectivity index (χ1) is 7.77. The third-order valence-corrected chi connectivity index (χ3v) is 2.75. The van der Waals surface area contributed by atoms with Gasteiger partial charge in [-0.3, -0.25) is 14.6 Å². The summed E-state index contributed by atoms with van der Waals surface area (Å²) in [5.74, 6) is -0.212. The van der Waals surface area contributed by atoms with Crippen LogP contribution in [-0.4, -0.2) is 34.7 Å². The smallest absolute Gasteiger partial charge is 0.230 e. The van der Waals surface area contributed by atoms with Gasteiger partial charge in [0.25, 0.3) is 0 Å². The fourth-order valence-electron chi connectivity index (χ4n) is 1.85. The molecule has 1 fully saturated rings. The Labute approximate surface area is 94.3 Å². The zero-order chi connectivity index (χ0) is 11.4. The summed E-state index contributed by atoms with van der Waals surface area (Å²) in [4.78, 5) is 29.1. The van der Waals surface area contributed by atoms with Gasteiger partial charge in [0, 0.05) is 31.0 Å². The molecule has 1 aromatic rings. The van der Waals surface area contributed by atoms with E-state index in [0.29, 0.717) is 5.56 Å². The lowest BCUT2D eigenvalue weighted by Gasteiger charge is -2.14. The van der Waals surface area contributed by atoms with Gasteiger partial charge >= 0.3 is 0 Å². The third-order valence-electron chi connectivity index (χ3n) is 2.75. The van der Waals surface area contributed by atoms with Crippen LogP contribution >= 0.6 is 0 Å². The van der Waals surface area contributed by atoms with Crippen LogP contribution in [0.25, 0.3) is 0 Å². The van der Waals surface area contributed by atoms with Gasteiger partial charge in [0.15, 0.2) is 5.78 Å². The van der Waals surface area contributed by atoms with Crippen molar-refractivity contribution in [1.82, 2.24) is 9.88 Å². The van der Waals surface area contributed by atoms with E-state index in [1.54, 1.807) is 23.2 Å². The summed E-state index contributed by atoms with van der Waals surface area (Å²) in [5, 5.41) is 0. The van der Waals surface area contributed by atoms with Gasteiger partial charge in [0.1, 0.15) is 0 Å². The van der Waals surface area contributed by atoms with Crippen molar-refractivity contribution in [1.29, 1.82) is 0 Å². The second-order valence-corrected chi connectivity index (χ2v) is 3.93. The summed E-state index contributed by atoms with van der Waals surface area (Å²) in [5.41, 5.74) is 0.509. The molecule has 0 saturated carbocycles. The molecule has 2 heterocycles. The topological polar surface area (TPSA) is 50.3 Å². The Morgan fingerprint density at radius 3 is 2.69 bits per heavy atom. The Hall–Kier alpha value is -1.71. The van der Waals surface area contributed by atoms with Gasteiger partial charge in [-0.15, -0.1) is 0 Å². The molecule has 84 valence electrons. The van der Waals surface area contributed by atoms with Crippen LogP contribution in [0.15, 0.2) is 24.5 Å². The van der Waals surface area contributed by atoms with Gasteiger partial charge in [0.2, 0.25) is 5.91 Å². The molecule has 0 radical (unpaired) electrons. The van der Waals surface area contributed by atoms with Crippen molar-refractivity contribution in [2.75, 3.05) is 13.1 Å². The molecule has 2 rings (SSSR count). The largest absolute Gasteiger partial charge is 0.342 e. The molecule has 0 N–H and O–H groups in total. The number of aromatic nitrogens is 1. The van der Waals surface area contributed by atoms with Crippen LogP contribution in [-0.2, 0) is 4.79 Å². The fourth-order valence-corrected chi connectivity index (χ4v) is 1.85. The minimum Gasteiger partial charge on any atom is -0.342 e. The van der Waals surface area contributed by atoms with Crippen LogP contribution in [0.4, 0.5) is 0 Å². The lowest BCUT2D eigenvalue weighted by atomic mass is 10.1. The van der Waals surface area contributed by atoms with Crippen molar-refractivity contribution in [3.63, 3.8) is 0 Å². The number of Topliss-reactive ketones (excluding diaryl/α,β-unsaturated/α-hetero) is 1. The number of carbonyl (C=O) groups excluding carboxylic acids is 2. The van der Waals surface area contributed by atoms with E-state index in [1.807, 2.05) is 0 Å². The zero-order valence-electron chi connectivity index (χ0n) is 9.06. The van der Waals surface area contributed by atoms with Crippen molar-refractivity contribution in [2.45, 2.75) is 19.3 Å². The first kappa shape index (κ1) is 10.8. The first-order valence-corrected chi connectivity index (χ1v) is 5.48. The predicted octanol–water partition coefficient (Wildman–Crippen LogP) is 1.28. The number of hydrogen-bond donors (Lipinski definition) is 0. The lowest BCUT2D eigenvalue weighted by Crippen LogP contribution is -2.29. The first-order valence-electron chi connectivity index (χ1n) is 5.48. The molecule has 1 amide bonds. The summed E-state index contributed by atoms with van der Waals surface area (Å²) in [6, 6.07) is 3.39. The van der Waals surface area contributed by atoms with Crippen molar-refractivity contribution >= 4 is 11.7 Å². The van der Waals surface area contributed by atoms with Crippen molar-refractivity contribution in [3.05, 3.63) is 30.1 Å². The summed E-state index contributed by atoms with van der Waals surface area (Å²) in [6.07, 6.45) is 5.17. The number of amides is 1. The highest BCUT2D eigenvalue weighted by Gasteiger charge is 2.20. The molecule has 0 unspecified atom stereocenters. The molecular formula is C12H14N2O2. The van der Waals surface area contributed by atoms with Crippen LogP contribution in [0.2, 0.25) is 0 Å². The molecule has 0 aliphatic carbocycles. The molecule has 0 bridgehead atoms. The number of nitrogens with zero attached hydrogens (tertiary/aromatic N) is 2. The molecule has 4 heteroatoms. The molecule has 1 saturated heterocycles. The Morgan fingerprint density at radius 1 is 1.31 bits per heavy atom. The molecular weight excluding hydrogens is 204 g/mol. The number of rotatable bonds is 3. The molecule has 0 spiro atoms. The molecule has 0 atom stereocenters. The minimum atomic E-state index is -0.148. The highest BCUT2D eigenvalue weighted by atomic mass is 16.2. The van der Waals surface area contributed by atoms with Gasteiger partial charge in [-0.05, 0) is 25.0 Å². The fraction of sp³-hybridized carbons (Fsp3) is 0.417. The SMILES string of the molecule is O=C(CC(=O)N1CCCC1)c1cccnc1. The second-order valence-electron chi connectivity index (χ2n) is 3.93. The molecule has 4 nitrogen and oxygen atoms in total. The Morgan fingerprint density at radius 2 is 2.06 bits per heavy atom. The van der Waals surface area contributed by atoms with E-state index in [0.717, 1.165) is 25.9 Å². The van der Waals surface area contributed by atoms with Crippen molar-refractivity contribution < 1.29 is 9.59 Å². The standard InChI is InChI=1S/C12H14N2O2/c15-11(10-4-3-5-13-9-10)8-12(16)14-6-1-2-7-14/h3-5,9H,1-2,6-8H2. The monoisotopic (exact) mass is 218 g/mol. The number of carbonyl (C=O) groups is 2. The number of hydrogen-bond acceptors (Lipinski definition) is 3. The quantitative estimate of drug-likeness (QED) is 0.567. The highest BCUT2D eigenvalue weighted by molar-refractivity contribution is 6.07. The van der Waals surface area contributed by atoms with Gasteiger partial charge in [-0.2, -0.15) is 0 Å². The predicted molar refractivity (Wildman–Crippen MR) is 59.0 cm³/mol. The maximum absolute atomic E-state index is 11.7. The number of likely N-dealkylation sites (tertiary alicyclic amines) is 1. The van der Waals surface area contributed by atoms with E-state index >= 15 is 0 Å². The van der Waals surface area contributed by atoms with Crippen LogP contribution in [0.1, 0.15) is 29.6 Å². The van der Waals surface area contributed by atoms with E-state index in [-0.39, 0.29) is 18.1 Å². The average Bonchev–Trinajstić information content (AvgIpc) is 2.83. The van der Waals surface area contributed by atoms with Gasteiger partial charge in [-0.25, -0.2) is 0 Å². The Bertz CT molecular complexity index is 383. The normalized spacial score (nSPS) is 15.1. The highest BCUT2D eigenvalue weighted by Crippen LogP contribution is 2.10. The van der Waals surface area contributed by atoms with E-state index in [9.17, 15) is 9.59 Å². The summed E-state index contributed by atoms with van der Waals surface area (Å²) in [7, 11) is 0. The summed E-state index contributed by atoms with van der Waals surface area (Å²) < 4.78 is 0. The molecule has 1 aliphatic rings. The summed E-state index contributed by atoms with van der Waals surface area (Å²) in [6.45, 7) is 1.58. The van der Waals surface area contributed by atoms with E-state index in [4.69, 9.17) is 0 Å². The van der Waals surface area contributed by atoms with Crippen molar-refractivity contribution in [2.24, 2.45) is 0 Å². The number of pyridine rings is 1. The van der Waals surface area contributed by atoms with Gasteiger partial charge in [0.05, 0.1) is 6.42 Å². The van der Waals surface area contributed by atoms with Gasteiger partial charge in [-0.1, -0.05) is 0 Å². The number of ketones is 1.